The summed E-state index contributed by atoms with van der Waals surface area (Å²) in [5.74, 6) is 1.20. The van der Waals surface area contributed by atoms with Crippen LogP contribution in [0.3, 0.4) is 0 Å². The van der Waals surface area contributed by atoms with Gasteiger partial charge in [0.15, 0.2) is 0 Å². The van der Waals surface area contributed by atoms with Gasteiger partial charge >= 0.3 is 5.69 Å². The van der Waals surface area contributed by atoms with Crippen molar-refractivity contribution in [2.45, 2.75) is 18.9 Å². The van der Waals surface area contributed by atoms with E-state index in [1.54, 1.807) is 20.3 Å². The molecule has 0 N–H and O–H groups in total. The van der Waals surface area contributed by atoms with Gasteiger partial charge in [-0.2, -0.15) is 0 Å². The molecule has 1 saturated carbocycles. The van der Waals surface area contributed by atoms with Crippen molar-refractivity contribution in [1.29, 1.82) is 0 Å². The summed E-state index contributed by atoms with van der Waals surface area (Å²) in [6.07, 6.45) is 5.27. The molecule has 3 rings (SSSR count). The van der Waals surface area contributed by atoms with Crippen LogP contribution in [0.25, 0.3) is 17.0 Å². The molecule has 0 atom stereocenters. The van der Waals surface area contributed by atoms with Crippen molar-refractivity contribution < 1.29 is 14.4 Å². The van der Waals surface area contributed by atoms with Crippen molar-refractivity contribution in [2.24, 2.45) is 5.92 Å². The van der Waals surface area contributed by atoms with E-state index in [0.717, 1.165) is 28.6 Å². The van der Waals surface area contributed by atoms with Crippen LogP contribution >= 0.6 is 27.5 Å². The molecule has 1 aromatic carbocycles. The van der Waals surface area contributed by atoms with Gasteiger partial charge in [0, 0.05) is 22.9 Å². The Balaban J connectivity index is 2.00. The largest absolute Gasteiger partial charge is 0.501 e. The molecular formula is C17H16BrClN2O4. The highest BCUT2D eigenvalue weighted by molar-refractivity contribution is 9.10. The second kappa shape index (κ2) is 7.27. The molecule has 132 valence electrons. The monoisotopic (exact) mass is 426 g/mol. The number of nitro groups is 1. The van der Waals surface area contributed by atoms with E-state index in [-0.39, 0.29) is 16.8 Å². The summed E-state index contributed by atoms with van der Waals surface area (Å²) in [6, 6.07) is 3.58. The molecule has 0 saturated heterocycles. The van der Waals surface area contributed by atoms with Gasteiger partial charge in [-0.25, -0.2) is 4.98 Å². The Hall–Kier alpha value is -1.70. The van der Waals surface area contributed by atoms with Crippen LogP contribution in [0.5, 0.6) is 0 Å². The minimum Gasteiger partial charge on any atom is -0.501 e. The molecular weight excluding hydrogens is 412 g/mol. The average Bonchev–Trinajstić information content (AvgIpc) is 2.54. The second-order valence-electron chi connectivity index (χ2n) is 5.88. The summed E-state index contributed by atoms with van der Waals surface area (Å²) < 4.78 is 11.6. The highest BCUT2D eigenvalue weighted by Gasteiger charge is 2.32. The number of hydrogen-bond donors (Lipinski definition) is 0. The summed E-state index contributed by atoms with van der Waals surface area (Å²) in [5, 5.41) is 11.6. The van der Waals surface area contributed by atoms with E-state index in [0.29, 0.717) is 16.8 Å². The molecule has 6 nitrogen and oxygen atoms in total. The number of fused-ring (bicyclic) bond motifs is 1. The minimum atomic E-state index is -0.539. The summed E-state index contributed by atoms with van der Waals surface area (Å²) in [6.45, 7) is 0. The fraction of sp³-hybridized carbons (Fsp3) is 0.353. The van der Waals surface area contributed by atoms with Crippen molar-refractivity contribution in [3.63, 3.8) is 0 Å². The van der Waals surface area contributed by atoms with E-state index in [4.69, 9.17) is 21.1 Å². The lowest BCUT2D eigenvalue weighted by molar-refractivity contribution is -0.384. The Labute approximate surface area is 158 Å². The molecule has 0 aliphatic heterocycles. The lowest BCUT2D eigenvalue weighted by atomic mass is 9.80. The Morgan fingerprint density at radius 2 is 2.16 bits per heavy atom. The molecule has 1 aromatic heterocycles. The van der Waals surface area contributed by atoms with Gasteiger partial charge in [0.2, 0.25) is 0 Å². The van der Waals surface area contributed by atoms with Crippen LogP contribution in [0.2, 0.25) is 5.02 Å². The highest BCUT2D eigenvalue weighted by Crippen LogP contribution is 2.38. The van der Waals surface area contributed by atoms with Crippen LogP contribution in [0, 0.1) is 16.0 Å². The summed E-state index contributed by atoms with van der Waals surface area (Å²) in [7, 11) is 3.37. The van der Waals surface area contributed by atoms with Crippen LogP contribution in [0.4, 0.5) is 5.69 Å². The number of hydrogen-bond acceptors (Lipinski definition) is 5. The summed E-state index contributed by atoms with van der Waals surface area (Å²) >= 11 is 9.66. The van der Waals surface area contributed by atoms with E-state index in [9.17, 15) is 10.1 Å². The molecule has 1 fully saturated rings. The van der Waals surface area contributed by atoms with Gasteiger partial charge in [-0.15, -0.1) is 0 Å². The van der Waals surface area contributed by atoms with Gasteiger partial charge in [-0.1, -0.05) is 27.5 Å². The predicted molar refractivity (Wildman–Crippen MR) is 99.6 cm³/mol. The number of rotatable bonds is 5. The standard InChI is InChI=1S/C17H16BrClN2O4/c1-24-11-3-10(4-11)16(25-2)6-9-5-14-12(7-13(9)18)17(19)15(8-20-14)21(22)23/h5-8,10-11H,3-4H2,1-2H3/b16-6+. The molecule has 1 aliphatic carbocycles. The predicted octanol–water partition coefficient (Wildman–Crippen LogP) is 4.97. The Bertz CT molecular complexity index is 865. The third-order valence-electron chi connectivity index (χ3n) is 4.46. The zero-order valence-corrected chi connectivity index (χ0v) is 16.0. The Morgan fingerprint density at radius 1 is 1.44 bits per heavy atom. The van der Waals surface area contributed by atoms with Crippen LogP contribution < -0.4 is 0 Å². The molecule has 2 aromatic rings. The zero-order chi connectivity index (χ0) is 18.1. The van der Waals surface area contributed by atoms with Gasteiger partial charge in [-0.05, 0) is 36.6 Å². The highest BCUT2D eigenvalue weighted by atomic mass is 79.9. The van der Waals surface area contributed by atoms with Crippen molar-refractivity contribution in [3.05, 3.63) is 49.3 Å². The van der Waals surface area contributed by atoms with Crippen LogP contribution in [-0.4, -0.2) is 30.2 Å². The van der Waals surface area contributed by atoms with E-state index in [1.165, 1.54) is 6.20 Å². The molecule has 0 unspecified atom stereocenters. The number of aromatic nitrogens is 1. The first-order valence-electron chi connectivity index (χ1n) is 7.65. The first-order valence-corrected chi connectivity index (χ1v) is 8.82. The summed E-state index contributed by atoms with van der Waals surface area (Å²) in [5.41, 5.74) is 1.26. The normalized spacial score (nSPS) is 20.4. The summed E-state index contributed by atoms with van der Waals surface area (Å²) in [4.78, 5) is 14.6. The fourth-order valence-electron chi connectivity index (χ4n) is 2.91. The third kappa shape index (κ3) is 3.49. The second-order valence-corrected chi connectivity index (χ2v) is 7.11. The van der Waals surface area contributed by atoms with Crippen LogP contribution in [-0.2, 0) is 9.47 Å². The molecule has 0 bridgehead atoms. The third-order valence-corrected chi connectivity index (χ3v) is 5.55. The molecule has 0 amide bonds. The van der Waals surface area contributed by atoms with Crippen LogP contribution in [0.1, 0.15) is 18.4 Å². The zero-order valence-electron chi connectivity index (χ0n) is 13.7. The number of allylic oxidation sites excluding steroid dienone is 1. The minimum absolute atomic E-state index is 0.0834. The number of pyridine rings is 1. The SMILES string of the molecule is CO/C(=C/c1cc2ncc([N+](=O)[O-])c(Cl)c2cc1Br)C1CC(OC)C1. The Morgan fingerprint density at radius 3 is 2.76 bits per heavy atom. The van der Waals surface area contributed by atoms with E-state index < -0.39 is 4.92 Å². The average molecular weight is 428 g/mol. The molecule has 0 spiro atoms. The lowest BCUT2D eigenvalue weighted by Crippen LogP contribution is -2.31. The topological polar surface area (TPSA) is 74.5 Å². The Kier molecular flexibility index (Phi) is 5.27. The smallest absolute Gasteiger partial charge is 0.306 e. The maximum atomic E-state index is 11.0. The van der Waals surface area contributed by atoms with Crippen molar-refractivity contribution >= 4 is 50.2 Å². The first kappa shape index (κ1) is 18.1. The molecule has 1 aliphatic rings. The van der Waals surface area contributed by atoms with E-state index >= 15 is 0 Å². The molecule has 0 radical (unpaired) electrons. The van der Waals surface area contributed by atoms with Gasteiger partial charge in [0.25, 0.3) is 0 Å². The van der Waals surface area contributed by atoms with E-state index in [2.05, 4.69) is 20.9 Å². The number of halogens is 2. The first-order chi connectivity index (χ1) is 11.9. The number of benzene rings is 1. The number of methoxy groups -OCH3 is 2. The maximum absolute atomic E-state index is 11.0. The van der Waals surface area contributed by atoms with Gasteiger partial charge in [0.1, 0.15) is 11.2 Å². The van der Waals surface area contributed by atoms with Crippen molar-refractivity contribution in [3.8, 4) is 0 Å². The van der Waals surface area contributed by atoms with Crippen molar-refractivity contribution in [2.75, 3.05) is 14.2 Å². The lowest BCUT2D eigenvalue weighted by Gasteiger charge is -2.34. The quantitative estimate of drug-likeness (QED) is 0.382. The molecule has 1 heterocycles. The van der Waals surface area contributed by atoms with Crippen LogP contribution in [0.15, 0.2) is 28.6 Å². The van der Waals surface area contributed by atoms with Gasteiger partial charge in [-0.3, -0.25) is 10.1 Å². The maximum Gasteiger partial charge on any atom is 0.306 e. The molecule has 25 heavy (non-hydrogen) atoms. The van der Waals surface area contributed by atoms with Gasteiger partial charge < -0.3 is 9.47 Å². The number of ether oxygens (including phenoxy) is 2. The van der Waals surface area contributed by atoms with E-state index in [1.807, 2.05) is 12.1 Å². The van der Waals surface area contributed by atoms with Gasteiger partial charge in [0.05, 0.1) is 29.4 Å². The fourth-order valence-corrected chi connectivity index (χ4v) is 3.64. The molecule has 8 heteroatoms. The van der Waals surface area contributed by atoms with Crippen molar-refractivity contribution in [1.82, 2.24) is 4.98 Å². The number of nitrogens with zero attached hydrogens (tertiary/aromatic N) is 2.